The number of nitrogens with one attached hydrogen (secondary N) is 1. The Balaban J connectivity index is 2.07. The van der Waals surface area contributed by atoms with Crippen molar-refractivity contribution in [2.75, 3.05) is 0 Å². The van der Waals surface area contributed by atoms with Gasteiger partial charge >= 0.3 is 0 Å². The molecule has 0 atom stereocenters. The molecular weight excluding hydrogens is 274 g/mol. The Morgan fingerprint density at radius 2 is 2.00 bits per heavy atom. The number of hydrogen-bond donors (Lipinski definition) is 1. The molecular formula is C14H15N3O2S. The molecule has 1 saturated carbocycles. The SMILES string of the molecule is O=[N+]([O-])c1ccccc1-n1[nH]c(C2CCCC2)cc1=S. The van der Waals surface area contributed by atoms with Gasteiger partial charge in [-0.2, -0.15) is 0 Å². The summed E-state index contributed by atoms with van der Waals surface area (Å²) in [6, 6.07) is 8.57. The van der Waals surface area contributed by atoms with E-state index in [2.05, 4.69) is 5.10 Å². The maximum atomic E-state index is 11.1. The van der Waals surface area contributed by atoms with Crippen molar-refractivity contribution in [3.8, 4) is 5.69 Å². The van der Waals surface area contributed by atoms with Crippen molar-refractivity contribution in [3.63, 3.8) is 0 Å². The van der Waals surface area contributed by atoms with Crippen LogP contribution in [0.2, 0.25) is 0 Å². The van der Waals surface area contributed by atoms with Crippen LogP contribution in [0.5, 0.6) is 0 Å². The number of nitrogens with zero attached hydrogens (tertiary/aromatic N) is 2. The zero-order chi connectivity index (χ0) is 14.1. The summed E-state index contributed by atoms with van der Waals surface area (Å²) in [6.07, 6.45) is 4.79. The monoisotopic (exact) mass is 289 g/mol. The molecule has 0 spiro atoms. The lowest BCUT2D eigenvalue weighted by atomic mass is 10.1. The van der Waals surface area contributed by atoms with Crippen molar-refractivity contribution >= 4 is 17.9 Å². The Morgan fingerprint density at radius 3 is 2.70 bits per heavy atom. The minimum atomic E-state index is -0.382. The number of nitro benzene ring substituents is 1. The average Bonchev–Trinajstić information content (AvgIpc) is 3.07. The number of para-hydroxylation sites is 2. The summed E-state index contributed by atoms with van der Waals surface area (Å²) in [5, 5.41) is 14.4. The van der Waals surface area contributed by atoms with Crippen molar-refractivity contribution in [3.05, 3.63) is 50.8 Å². The second kappa shape index (κ2) is 5.20. The van der Waals surface area contributed by atoms with Crippen molar-refractivity contribution < 1.29 is 4.92 Å². The summed E-state index contributed by atoms with van der Waals surface area (Å²) < 4.78 is 2.22. The minimum absolute atomic E-state index is 0.0587. The first-order valence-electron chi connectivity index (χ1n) is 6.72. The van der Waals surface area contributed by atoms with Gasteiger partial charge in [0, 0.05) is 17.7 Å². The van der Waals surface area contributed by atoms with Gasteiger partial charge in [0.05, 0.1) is 4.92 Å². The van der Waals surface area contributed by atoms with Gasteiger partial charge in [0.15, 0.2) is 0 Å². The minimum Gasteiger partial charge on any atom is -0.297 e. The molecule has 0 saturated heterocycles. The smallest absolute Gasteiger partial charge is 0.294 e. The molecule has 6 heteroatoms. The summed E-state index contributed by atoms with van der Waals surface area (Å²) >= 11 is 5.35. The average molecular weight is 289 g/mol. The molecule has 3 rings (SSSR count). The number of H-pyrrole nitrogens is 1. The first-order chi connectivity index (χ1) is 9.66. The molecule has 0 radical (unpaired) electrons. The molecule has 5 nitrogen and oxygen atoms in total. The third-order valence-electron chi connectivity index (χ3n) is 3.85. The van der Waals surface area contributed by atoms with Gasteiger partial charge in [-0.1, -0.05) is 37.2 Å². The second-order valence-electron chi connectivity index (χ2n) is 5.11. The predicted molar refractivity (Wildman–Crippen MR) is 78.8 cm³/mol. The van der Waals surface area contributed by atoms with E-state index in [1.54, 1.807) is 22.9 Å². The molecule has 0 aliphatic heterocycles. The molecule has 0 bridgehead atoms. The zero-order valence-electron chi connectivity index (χ0n) is 10.9. The van der Waals surface area contributed by atoms with Gasteiger partial charge in [0.1, 0.15) is 10.3 Å². The molecule has 2 aromatic rings. The van der Waals surface area contributed by atoms with Crippen LogP contribution in [0.1, 0.15) is 37.3 Å². The predicted octanol–water partition coefficient (Wildman–Crippen LogP) is 4.10. The van der Waals surface area contributed by atoms with Crippen molar-refractivity contribution in [1.82, 2.24) is 9.78 Å². The Bertz CT molecular complexity index is 698. The molecule has 1 heterocycles. The van der Waals surface area contributed by atoms with Gasteiger partial charge in [-0.25, -0.2) is 4.68 Å². The van der Waals surface area contributed by atoms with Crippen LogP contribution in [0.25, 0.3) is 5.69 Å². The Morgan fingerprint density at radius 1 is 1.30 bits per heavy atom. The van der Waals surface area contributed by atoms with Crippen LogP contribution in [0.4, 0.5) is 5.69 Å². The maximum absolute atomic E-state index is 11.1. The molecule has 1 aromatic heterocycles. The molecule has 0 unspecified atom stereocenters. The normalized spacial score (nSPS) is 15.6. The number of benzene rings is 1. The highest BCUT2D eigenvalue weighted by atomic mass is 32.1. The fourth-order valence-electron chi connectivity index (χ4n) is 2.85. The summed E-state index contributed by atoms with van der Waals surface area (Å²) in [4.78, 5) is 10.7. The van der Waals surface area contributed by atoms with E-state index < -0.39 is 0 Å². The molecule has 1 aromatic carbocycles. The second-order valence-corrected chi connectivity index (χ2v) is 5.53. The molecule has 1 aliphatic carbocycles. The van der Waals surface area contributed by atoms with Crippen LogP contribution in [0.3, 0.4) is 0 Å². The van der Waals surface area contributed by atoms with Crippen molar-refractivity contribution in [2.45, 2.75) is 31.6 Å². The van der Waals surface area contributed by atoms with Gasteiger partial charge in [-0.05, 0) is 25.0 Å². The van der Waals surface area contributed by atoms with Crippen LogP contribution < -0.4 is 0 Å². The fraction of sp³-hybridized carbons (Fsp3) is 0.357. The van der Waals surface area contributed by atoms with Crippen LogP contribution in [0, 0.1) is 14.8 Å². The van der Waals surface area contributed by atoms with Crippen molar-refractivity contribution in [1.29, 1.82) is 0 Å². The number of aromatic nitrogens is 2. The van der Waals surface area contributed by atoms with E-state index in [-0.39, 0.29) is 10.6 Å². The quantitative estimate of drug-likeness (QED) is 0.525. The van der Waals surface area contributed by atoms with Gasteiger partial charge < -0.3 is 0 Å². The Kier molecular flexibility index (Phi) is 3.40. The summed E-state index contributed by atoms with van der Waals surface area (Å²) in [7, 11) is 0. The van der Waals surface area contributed by atoms with Crippen molar-refractivity contribution in [2.24, 2.45) is 0 Å². The fourth-order valence-corrected chi connectivity index (χ4v) is 3.12. The lowest BCUT2D eigenvalue weighted by Gasteiger charge is -2.07. The van der Waals surface area contributed by atoms with Gasteiger partial charge in [-0.3, -0.25) is 15.2 Å². The largest absolute Gasteiger partial charge is 0.297 e. The number of nitro groups is 1. The lowest BCUT2D eigenvalue weighted by molar-refractivity contribution is -0.384. The van der Waals surface area contributed by atoms with E-state index in [1.165, 1.54) is 18.9 Å². The van der Waals surface area contributed by atoms with Crippen LogP contribution >= 0.6 is 12.2 Å². The highest BCUT2D eigenvalue weighted by Gasteiger charge is 2.21. The Labute approximate surface area is 121 Å². The van der Waals surface area contributed by atoms with E-state index in [1.807, 2.05) is 6.07 Å². The first kappa shape index (κ1) is 13.1. The van der Waals surface area contributed by atoms with E-state index in [4.69, 9.17) is 12.2 Å². The first-order valence-corrected chi connectivity index (χ1v) is 7.13. The lowest BCUT2D eigenvalue weighted by Crippen LogP contribution is -2.03. The molecule has 1 aliphatic rings. The van der Waals surface area contributed by atoms with Gasteiger partial charge in [0.25, 0.3) is 5.69 Å². The molecule has 20 heavy (non-hydrogen) atoms. The number of aromatic amines is 1. The summed E-state index contributed by atoms with van der Waals surface area (Å²) in [6.45, 7) is 0. The van der Waals surface area contributed by atoms with Crippen LogP contribution in [0.15, 0.2) is 30.3 Å². The highest BCUT2D eigenvalue weighted by Crippen LogP contribution is 2.34. The third kappa shape index (κ3) is 2.27. The number of hydrogen-bond acceptors (Lipinski definition) is 3. The number of rotatable bonds is 3. The molecule has 0 amide bonds. The van der Waals surface area contributed by atoms with Gasteiger partial charge in [0.2, 0.25) is 0 Å². The van der Waals surface area contributed by atoms with Crippen LogP contribution in [-0.2, 0) is 0 Å². The maximum Gasteiger partial charge on any atom is 0.294 e. The topological polar surface area (TPSA) is 63.9 Å². The van der Waals surface area contributed by atoms with E-state index >= 15 is 0 Å². The van der Waals surface area contributed by atoms with Crippen LogP contribution in [-0.4, -0.2) is 14.7 Å². The van der Waals surface area contributed by atoms with E-state index in [0.29, 0.717) is 16.2 Å². The van der Waals surface area contributed by atoms with E-state index in [0.717, 1.165) is 18.5 Å². The molecule has 1 fully saturated rings. The highest BCUT2D eigenvalue weighted by molar-refractivity contribution is 7.71. The Hall–Kier alpha value is -1.95. The molecule has 104 valence electrons. The third-order valence-corrected chi connectivity index (χ3v) is 4.16. The summed E-state index contributed by atoms with van der Waals surface area (Å²) in [5.41, 5.74) is 1.64. The van der Waals surface area contributed by atoms with E-state index in [9.17, 15) is 10.1 Å². The standard InChI is InChI=1S/C14H15N3O2S/c18-17(19)13-8-4-3-7-12(13)16-14(20)9-11(15-16)10-5-1-2-6-10/h3-4,7-10,15H,1-2,5-6H2. The summed E-state index contributed by atoms with van der Waals surface area (Å²) in [5.74, 6) is 0.501. The zero-order valence-corrected chi connectivity index (χ0v) is 11.7. The molecule has 1 N–H and O–H groups in total. The van der Waals surface area contributed by atoms with Gasteiger partial charge in [-0.15, -0.1) is 0 Å².